The Kier molecular flexibility index (Phi) is 9.02. The zero-order chi connectivity index (χ0) is 23.1. The molecule has 3 rings (SSSR count). The van der Waals surface area contributed by atoms with Crippen LogP contribution in [0, 0.1) is 19.8 Å². The Morgan fingerprint density at radius 2 is 1.69 bits per heavy atom. The van der Waals surface area contributed by atoms with Crippen LogP contribution in [0.1, 0.15) is 49.0 Å². The van der Waals surface area contributed by atoms with Gasteiger partial charge in [0, 0.05) is 57.0 Å². The van der Waals surface area contributed by atoms with Crippen LogP contribution in [0.15, 0.2) is 24.3 Å². The summed E-state index contributed by atoms with van der Waals surface area (Å²) in [5, 5.41) is 10.3. The average Bonchev–Trinajstić information content (AvgIpc) is 2.76. The van der Waals surface area contributed by atoms with Crippen molar-refractivity contribution in [1.29, 1.82) is 0 Å². The standard InChI is InChI=1S/C26H40N4O2/c1-6-25-24(15-22-9-7-20(4)8-10-22)26(28-21(5)27-25)30-13-11-29(12-14-30)16-23(31)18-32-17-19(2)3/h7-10,19,23,31H,6,11-18H2,1-5H3/t23-/m0/s1. The second-order valence-electron chi connectivity index (χ2n) is 9.41. The predicted molar refractivity (Wildman–Crippen MR) is 130 cm³/mol. The Morgan fingerprint density at radius 3 is 2.31 bits per heavy atom. The first-order chi connectivity index (χ1) is 15.4. The molecule has 0 unspecified atom stereocenters. The predicted octanol–water partition coefficient (Wildman–Crippen LogP) is 3.40. The number of anilines is 1. The van der Waals surface area contributed by atoms with Gasteiger partial charge in [-0.15, -0.1) is 0 Å². The van der Waals surface area contributed by atoms with E-state index < -0.39 is 6.10 Å². The van der Waals surface area contributed by atoms with E-state index in [2.05, 4.69) is 61.8 Å². The van der Waals surface area contributed by atoms with Crippen LogP contribution < -0.4 is 4.90 Å². The highest BCUT2D eigenvalue weighted by Gasteiger charge is 2.24. The van der Waals surface area contributed by atoms with E-state index in [0.29, 0.717) is 25.7 Å². The number of hydrogen-bond acceptors (Lipinski definition) is 6. The van der Waals surface area contributed by atoms with E-state index in [-0.39, 0.29) is 0 Å². The number of nitrogens with zero attached hydrogens (tertiary/aromatic N) is 4. The van der Waals surface area contributed by atoms with Crippen molar-refractivity contribution in [3.8, 4) is 0 Å². The molecule has 0 radical (unpaired) electrons. The molecule has 0 saturated carbocycles. The van der Waals surface area contributed by atoms with Gasteiger partial charge in [0.25, 0.3) is 0 Å². The van der Waals surface area contributed by atoms with Crippen molar-refractivity contribution >= 4 is 5.82 Å². The average molecular weight is 441 g/mol. The lowest BCUT2D eigenvalue weighted by Crippen LogP contribution is -2.49. The van der Waals surface area contributed by atoms with E-state index in [9.17, 15) is 5.11 Å². The summed E-state index contributed by atoms with van der Waals surface area (Å²) in [6.07, 6.45) is 1.32. The summed E-state index contributed by atoms with van der Waals surface area (Å²) in [4.78, 5) is 14.4. The first kappa shape index (κ1) is 24.6. The van der Waals surface area contributed by atoms with Crippen molar-refractivity contribution in [2.45, 2.75) is 53.6 Å². The third-order valence-electron chi connectivity index (χ3n) is 5.92. The fourth-order valence-electron chi connectivity index (χ4n) is 4.22. The number of β-amino-alcohol motifs (C(OH)–C–C–N with tert-alkyl or cyclic N) is 1. The molecule has 0 aliphatic carbocycles. The molecule has 1 aliphatic heterocycles. The van der Waals surface area contributed by atoms with Crippen LogP contribution in [0.25, 0.3) is 0 Å². The number of aromatic nitrogens is 2. The molecule has 0 spiro atoms. The van der Waals surface area contributed by atoms with Crippen LogP contribution >= 0.6 is 0 Å². The third-order valence-corrected chi connectivity index (χ3v) is 5.92. The van der Waals surface area contributed by atoms with Crippen LogP contribution in [-0.4, -0.2) is 72.0 Å². The third kappa shape index (κ3) is 6.99. The van der Waals surface area contributed by atoms with Crippen molar-refractivity contribution in [2.75, 3.05) is 50.8 Å². The minimum atomic E-state index is -0.439. The first-order valence-electron chi connectivity index (χ1n) is 12.0. The number of aliphatic hydroxyl groups is 1. The number of aryl methyl sites for hydroxylation is 3. The Hall–Kier alpha value is -2.02. The highest BCUT2D eigenvalue weighted by atomic mass is 16.5. The number of aliphatic hydroxyl groups excluding tert-OH is 1. The lowest BCUT2D eigenvalue weighted by atomic mass is 10.0. The molecule has 6 nitrogen and oxygen atoms in total. The molecular weight excluding hydrogens is 400 g/mol. The van der Waals surface area contributed by atoms with Gasteiger partial charge in [0.2, 0.25) is 0 Å². The molecule has 32 heavy (non-hydrogen) atoms. The van der Waals surface area contributed by atoms with E-state index >= 15 is 0 Å². The van der Waals surface area contributed by atoms with Crippen molar-refractivity contribution in [3.05, 3.63) is 52.5 Å². The fourth-order valence-corrected chi connectivity index (χ4v) is 4.22. The molecule has 1 aromatic carbocycles. The van der Waals surface area contributed by atoms with E-state index in [0.717, 1.165) is 56.4 Å². The molecular formula is C26H40N4O2. The SMILES string of the molecule is CCc1nc(C)nc(N2CCN(C[C@H](O)COCC(C)C)CC2)c1Cc1ccc(C)cc1. The van der Waals surface area contributed by atoms with Gasteiger partial charge in [-0.3, -0.25) is 4.90 Å². The van der Waals surface area contributed by atoms with Gasteiger partial charge in [0.15, 0.2) is 0 Å². The van der Waals surface area contributed by atoms with Crippen molar-refractivity contribution in [3.63, 3.8) is 0 Å². The normalized spacial score (nSPS) is 16.0. The Labute approximate surface area is 193 Å². The van der Waals surface area contributed by atoms with E-state index in [4.69, 9.17) is 14.7 Å². The number of hydrogen-bond donors (Lipinski definition) is 1. The summed E-state index contributed by atoms with van der Waals surface area (Å²) in [5.41, 5.74) is 4.96. The van der Waals surface area contributed by atoms with Crippen LogP contribution in [0.5, 0.6) is 0 Å². The van der Waals surface area contributed by atoms with Gasteiger partial charge in [0.1, 0.15) is 11.6 Å². The van der Waals surface area contributed by atoms with Crippen molar-refractivity contribution in [1.82, 2.24) is 14.9 Å². The minimum absolute atomic E-state index is 0.407. The lowest BCUT2D eigenvalue weighted by Gasteiger charge is -2.37. The van der Waals surface area contributed by atoms with Gasteiger partial charge >= 0.3 is 0 Å². The Balaban J connectivity index is 1.66. The first-order valence-corrected chi connectivity index (χ1v) is 12.0. The maximum atomic E-state index is 10.3. The van der Waals surface area contributed by atoms with E-state index in [1.807, 2.05) is 6.92 Å². The summed E-state index contributed by atoms with van der Waals surface area (Å²) in [7, 11) is 0. The number of ether oxygens (including phenoxy) is 1. The molecule has 1 atom stereocenters. The second kappa shape index (κ2) is 11.7. The maximum Gasteiger partial charge on any atom is 0.136 e. The largest absolute Gasteiger partial charge is 0.389 e. The molecule has 2 heterocycles. The monoisotopic (exact) mass is 440 g/mol. The summed E-state index contributed by atoms with van der Waals surface area (Å²) in [6, 6.07) is 8.76. The van der Waals surface area contributed by atoms with Crippen molar-refractivity contribution in [2.24, 2.45) is 5.92 Å². The lowest BCUT2D eigenvalue weighted by molar-refractivity contribution is 0.00745. The van der Waals surface area contributed by atoms with E-state index in [1.165, 1.54) is 16.7 Å². The van der Waals surface area contributed by atoms with Gasteiger partial charge in [-0.1, -0.05) is 50.6 Å². The van der Waals surface area contributed by atoms with Gasteiger partial charge in [-0.25, -0.2) is 9.97 Å². The fraction of sp³-hybridized carbons (Fsp3) is 0.615. The Morgan fingerprint density at radius 1 is 1.00 bits per heavy atom. The molecule has 176 valence electrons. The molecule has 0 amide bonds. The van der Waals surface area contributed by atoms with Gasteiger partial charge in [0.05, 0.1) is 12.7 Å². The minimum Gasteiger partial charge on any atom is -0.389 e. The number of rotatable bonds is 10. The number of piperazine rings is 1. The summed E-state index contributed by atoms with van der Waals surface area (Å²) < 4.78 is 5.60. The summed E-state index contributed by atoms with van der Waals surface area (Å²) in [6.45, 7) is 15.9. The summed E-state index contributed by atoms with van der Waals surface area (Å²) >= 11 is 0. The van der Waals surface area contributed by atoms with Crippen LogP contribution in [-0.2, 0) is 17.6 Å². The molecule has 1 saturated heterocycles. The maximum absolute atomic E-state index is 10.3. The highest BCUT2D eigenvalue weighted by Crippen LogP contribution is 2.26. The van der Waals surface area contributed by atoms with Crippen LogP contribution in [0.3, 0.4) is 0 Å². The van der Waals surface area contributed by atoms with Gasteiger partial charge in [-0.2, -0.15) is 0 Å². The zero-order valence-electron chi connectivity index (χ0n) is 20.5. The second-order valence-corrected chi connectivity index (χ2v) is 9.41. The molecule has 2 aromatic rings. The van der Waals surface area contributed by atoms with Crippen molar-refractivity contribution < 1.29 is 9.84 Å². The topological polar surface area (TPSA) is 61.7 Å². The molecule has 1 aromatic heterocycles. The molecule has 6 heteroatoms. The molecule has 1 fully saturated rings. The van der Waals surface area contributed by atoms with Crippen LogP contribution in [0.4, 0.5) is 5.82 Å². The molecule has 0 bridgehead atoms. The molecule has 1 N–H and O–H groups in total. The number of benzene rings is 1. The Bertz CT molecular complexity index is 846. The zero-order valence-corrected chi connectivity index (χ0v) is 20.5. The van der Waals surface area contributed by atoms with Gasteiger partial charge in [-0.05, 0) is 31.7 Å². The highest BCUT2D eigenvalue weighted by molar-refractivity contribution is 5.52. The molecule has 1 aliphatic rings. The quantitative estimate of drug-likeness (QED) is 0.611. The smallest absolute Gasteiger partial charge is 0.136 e. The van der Waals surface area contributed by atoms with Crippen LogP contribution in [0.2, 0.25) is 0 Å². The summed E-state index contributed by atoms with van der Waals surface area (Å²) in [5.74, 6) is 2.41. The van der Waals surface area contributed by atoms with E-state index in [1.54, 1.807) is 0 Å². The van der Waals surface area contributed by atoms with Gasteiger partial charge < -0.3 is 14.7 Å².